The van der Waals surface area contributed by atoms with Crippen LogP contribution < -0.4 is 5.32 Å². The van der Waals surface area contributed by atoms with E-state index < -0.39 is 0 Å². The van der Waals surface area contributed by atoms with E-state index in [0.29, 0.717) is 0 Å². The highest BCUT2D eigenvalue weighted by Gasteiger charge is 2.07. The van der Waals surface area contributed by atoms with Crippen molar-refractivity contribution in [1.29, 1.82) is 0 Å². The standard InChI is InChI=1S/C18H18N2S/c1-14(17-9-5-6-12-19-17)20-13-16-10-11-18(21-16)15-7-3-2-4-8-15/h2-12,14,20H,13H2,1H3/t14-/m0/s1. The topological polar surface area (TPSA) is 24.9 Å². The van der Waals surface area contributed by atoms with Crippen molar-refractivity contribution in [3.8, 4) is 10.4 Å². The van der Waals surface area contributed by atoms with E-state index in [9.17, 15) is 0 Å². The number of rotatable bonds is 5. The zero-order valence-corrected chi connectivity index (χ0v) is 12.8. The molecule has 0 spiro atoms. The molecule has 0 saturated carbocycles. The van der Waals surface area contributed by atoms with Crippen LogP contribution >= 0.6 is 11.3 Å². The van der Waals surface area contributed by atoms with E-state index in [0.717, 1.165) is 12.2 Å². The summed E-state index contributed by atoms with van der Waals surface area (Å²) >= 11 is 1.84. The van der Waals surface area contributed by atoms with Gasteiger partial charge in [-0.3, -0.25) is 4.98 Å². The Labute approximate surface area is 129 Å². The molecule has 2 heterocycles. The molecule has 0 fully saturated rings. The molecule has 0 aliphatic rings. The molecule has 0 bridgehead atoms. The molecule has 0 radical (unpaired) electrons. The van der Waals surface area contributed by atoms with Crippen molar-refractivity contribution in [2.24, 2.45) is 0 Å². The van der Waals surface area contributed by atoms with Crippen molar-refractivity contribution in [2.45, 2.75) is 19.5 Å². The zero-order chi connectivity index (χ0) is 14.5. The van der Waals surface area contributed by atoms with E-state index in [4.69, 9.17) is 0 Å². The summed E-state index contributed by atoms with van der Waals surface area (Å²) in [5.74, 6) is 0. The molecule has 1 N–H and O–H groups in total. The number of hydrogen-bond donors (Lipinski definition) is 1. The summed E-state index contributed by atoms with van der Waals surface area (Å²) in [6.45, 7) is 3.02. The molecule has 0 aliphatic carbocycles. The van der Waals surface area contributed by atoms with Gasteiger partial charge in [0.2, 0.25) is 0 Å². The van der Waals surface area contributed by atoms with Crippen LogP contribution in [0.4, 0.5) is 0 Å². The third kappa shape index (κ3) is 3.57. The molecule has 3 aromatic rings. The second kappa shape index (κ2) is 6.66. The average molecular weight is 294 g/mol. The Bertz CT molecular complexity index is 677. The third-order valence-electron chi connectivity index (χ3n) is 3.43. The number of hydrogen-bond acceptors (Lipinski definition) is 3. The van der Waals surface area contributed by atoms with Crippen LogP contribution in [-0.2, 0) is 6.54 Å². The van der Waals surface area contributed by atoms with Crippen LogP contribution in [0.1, 0.15) is 23.5 Å². The van der Waals surface area contributed by atoms with Crippen LogP contribution in [0, 0.1) is 0 Å². The maximum absolute atomic E-state index is 4.38. The summed E-state index contributed by atoms with van der Waals surface area (Å²) < 4.78 is 0. The molecule has 0 saturated heterocycles. The van der Waals surface area contributed by atoms with Gasteiger partial charge in [-0.15, -0.1) is 11.3 Å². The van der Waals surface area contributed by atoms with Gasteiger partial charge in [-0.05, 0) is 36.8 Å². The fourth-order valence-electron chi connectivity index (χ4n) is 2.22. The van der Waals surface area contributed by atoms with Gasteiger partial charge in [-0.25, -0.2) is 0 Å². The van der Waals surface area contributed by atoms with Crippen LogP contribution in [0.3, 0.4) is 0 Å². The number of nitrogens with one attached hydrogen (secondary N) is 1. The largest absolute Gasteiger partial charge is 0.304 e. The van der Waals surface area contributed by atoms with Crippen LogP contribution in [0.2, 0.25) is 0 Å². The number of aromatic nitrogens is 1. The van der Waals surface area contributed by atoms with Gasteiger partial charge in [-0.2, -0.15) is 0 Å². The first-order valence-corrected chi connectivity index (χ1v) is 7.93. The number of pyridine rings is 1. The maximum atomic E-state index is 4.38. The third-order valence-corrected chi connectivity index (χ3v) is 4.57. The Hall–Kier alpha value is -1.97. The first kappa shape index (κ1) is 14.0. The molecule has 2 aromatic heterocycles. The fourth-order valence-corrected chi connectivity index (χ4v) is 3.18. The lowest BCUT2D eigenvalue weighted by atomic mass is 10.2. The van der Waals surface area contributed by atoms with Gasteiger partial charge in [0.05, 0.1) is 5.69 Å². The molecule has 3 rings (SSSR count). The van der Waals surface area contributed by atoms with Crippen LogP contribution in [0.25, 0.3) is 10.4 Å². The summed E-state index contributed by atoms with van der Waals surface area (Å²) in [7, 11) is 0. The van der Waals surface area contributed by atoms with Crippen molar-refractivity contribution in [1.82, 2.24) is 10.3 Å². The number of thiophene rings is 1. The Balaban J connectivity index is 1.63. The Morgan fingerprint density at radius 1 is 1.00 bits per heavy atom. The van der Waals surface area contributed by atoms with Gasteiger partial charge in [0, 0.05) is 28.5 Å². The van der Waals surface area contributed by atoms with Crippen molar-refractivity contribution in [2.75, 3.05) is 0 Å². The molecule has 21 heavy (non-hydrogen) atoms. The molecule has 0 aliphatic heterocycles. The zero-order valence-electron chi connectivity index (χ0n) is 12.0. The monoisotopic (exact) mass is 294 g/mol. The minimum atomic E-state index is 0.258. The van der Waals surface area contributed by atoms with Gasteiger partial charge in [-0.1, -0.05) is 36.4 Å². The lowest BCUT2D eigenvalue weighted by Gasteiger charge is -2.12. The Morgan fingerprint density at radius 3 is 2.57 bits per heavy atom. The number of nitrogens with zero attached hydrogens (tertiary/aromatic N) is 1. The highest BCUT2D eigenvalue weighted by Crippen LogP contribution is 2.28. The highest BCUT2D eigenvalue weighted by atomic mass is 32.1. The minimum Gasteiger partial charge on any atom is -0.304 e. The summed E-state index contributed by atoms with van der Waals surface area (Å²) in [6, 6.07) is 21.2. The smallest absolute Gasteiger partial charge is 0.0570 e. The van der Waals surface area contributed by atoms with E-state index in [-0.39, 0.29) is 6.04 Å². The molecular formula is C18H18N2S. The molecule has 3 heteroatoms. The van der Waals surface area contributed by atoms with Gasteiger partial charge >= 0.3 is 0 Å². The quantitative estimate of drug-likeness (QED) is 0.740. The minimum absolute atomic E-state index is 0.258. The SMILES string of the molecule is C[C@H](NCc1ccc(-c2ccccc2)s1)c1ccccn1. The molecule has 1 atom stereocenters. The predicted molar refractivity (Wildman–Crippen MR) is 89.2 cm³/mol. The highest BCUT2D eigenvalue weighted by molar-refractivity contribution is 7.15. The van der Waals surface area contributed by atoms with Crippen LogP contribution in [0.5, 0.6) is 0 Å². The lowest BCUT2D eigenvalue weighted by Crippen LogP contribution is -2.18. The summed E-state index contributed by atoms with van der Waals surface area (Å²) in [5.41, 5.74) is 2.36. The van der Waals surface area contributed by atoms with Crippen LogP contribution in [0.15, 0.2) is 66.9 Å². The molecule has 106 valence electrons. The predicted octanol–water partition coefficient (Wildman–Crippen LogP) is 4.66. The summed E-state index contributed by atoms with van der Waals surface area (Å²) in [5, 5.41) is 3.53. The average Bonchev–Trinajstić information content (AvgIpc) is 3.03. The molecule has 2 nitrogen and oxygen atoms in total. The van der Waals surface area contributed by atoms with E-state index >= 15 is 0 Å². The number of benzene rings is 1. The van der Waals surface area contributed by atoms with Gasteiger partial charge in [0.15, 0.2) is 0 Å². The molecule has 1 aromatic carbocycles. The molecule has 0 amide bonds. The Kier molecular flexibility index (Phi) is 4.43. The lowest BCUT2D eigenvalue weighted by molar-refractivity contribution is 0.565. The van der Waals surface area contributed by atoms with Gasteiger partial charge in [0.25, 0.3) is 0 Å². The van der Waals surface area contributed by atoms with E-state index in [2.05, 4.69) is 59.7 Å². The van der Waals surface area contributed by atoms with Crippen molar-refractivity contribution in [3.05, 3.63) is 77.4 Å². The Morgan fingerprint density at radius 2 is 1.81 bits per heavy atom. The maximum Gasteiger partial charge on any atom is 0.0570 e. The second-order valence-corrected chi connectivity index (χ2v) is 6.16. The van der Waals surface area contributed by atoms with Crippen molar-refractivity contribution >= 4 is 11.3 Å². The van der Waals surface area contributed by atoms with Crippen molar-refractivity contribution in [3.63, 3.8) is 0 Å². The first-order valence-electron chi connectivity index (χ1n) is 7.11. The van der Waals surface area contributed by atoms with Gasteiger partial charge < -0.3 is 5.32 Å². The first-order chi connectivity index (χ1) is 10.3. The van der Waals surface area contributed by atoms with E-state index in [1.54, 1.807) is 0 Å². The van der Waals surface area contributed by atoms with E-state index in [1.165, 1.54) is 15.3 Å². The second-order valence-electron chi connectivity index (χ2n) is 4.99. The van der Waals surface area contributed by atoms with Crippen LogP contribution in [-0.4, -0.2) is 4.98 Å². The fraction of sp³-hybridized carbons (Fsp3) is 0.167. The van der Waals surface area contributed by atoms with Crippen molar-refractivity contribution < 1.29 is 0 Å². The van der Waals surface area contributed by atoms with Gasteiger partial charge in [0.1, 0.15) is 0 Å². The normalized spacial score (nSPS) is 12.2. The van der Waals surface area contributed by atoms with E-state index in [1.807, 2.05) is 35.7 Å². The summed E-state index contributed by atoms with van der Waals surface area (Å²) in [6.07, 6.45) is 1.84. The molecular weight excluding hydrogens is 276 g/mol. The summed E-state index contributed by atoms with van der Waals surface area (Å²) in [4.78, 5) is 7.05. The molecule has 0 unspecified atom stereocenters.